The van der Waals surface area contributed by atoms with Crippen molar-refractivity contribution < 1.29 is 0 Å². The number of nitriles is 1. The van der Waals surface area contributed by atoms with Crippen LogP contribution in [-0.4, -0.2) is 11.6 Å². The molecule has 0 aliphatic carbocycles. The summed E-state index contributed by atoms with van der Waals surface area (Å²) in [6, 6.07) is 8.34. The van der Waals surface area contributed by atoms with Gasteiger partial charge in [-0.05, 0) is 45.0 Å². The van der Waals surface area contributed by atoms with Gasteiger partial charge < -0.3 is 9.88 Å². The van der Waals surface area contributed by atoms with Crippen molar-refractivity contribution in [3.8, 4) is 6.07 Å². The number of nitrogens with one attached hydrogen (secondary N) is 1. The Morgan fingerprint density at radius 2 is 2.15 bits per heavy atom. The third-order valence-electron chi connectivity index (χ3n) is 3.57. The molecule has 106 valence electrons. The third-order valence-corrected chi connectivity index (χ3v) is 3.81. The molecule has 0 saturated heterocycles. The van der Waals surface area contributed by atoms with Crippen molar-refractivity contribution in [2.24, 2.45) is 5.41 Å². The fraction of sp³-hybridized carbons (Fsp3) is 0.438. The van der Waals surface area contributed by atoms with Crippen LogP contribution in [0, 0.1) is 16.7 Å². The summed E-state index contributed by atoms with van der Waals surface area (Å²) in [7, 11) is 1.94. The van der Waals surface area contributed by atoms with Gasteiger partial charge in [-0.3, -0.25) is 0 Å². The van der Waals surface area contributed by atoms with Crippen LogP contribution in [-0.2, 0) is 13.1 Å². The molecular weight excluding hydrogens is 270 g/mol. The predicted octanol–water partition coefficient (Wildman–Crippen LogP) is 3.95. The molecule has 2 aromatic rings. The molecule has 1 aromatic carbocycles. The van der Waals surface area contributed by atoms with Gasteiger partial charge in [-0.15, -0.1) is 0 Å². The molecule has 1 heterocycles. The van der Waals surface area contributed by atoms with E-state index < -0.39 is 0 Å². The van der Waals surface area contributed by atoms with Gasteiger partial charge in [0.2, 0.25) is 0 Å². The fourth-order valence-corrected chi connectivity index (χ4v) is 2.48. The summed E-state index contributed by atoms with van der Waals surface area (Å²) in [6.45, 7) is 5.59. The topological polar surface area (TPSA) is 40.8 Å². The van der Waals surface area contributed by atoms with Crippen molar-refractivity contribution >= 4 is 22.5 Å². The van der Waals surface area contributed by atoms with Gasteiger partial charge in [0.25, 0.3) is 0 Å². The molecule has 1 N–H and O–H groups in total. The Bertz CT molecular complexity index is 650. The number of rotatable bonds is 5. The van der Waals surface area contributed by atoms with E-state index in [1.165, 1.54) is 10.9 Å². The van der Waals surface area contributed by atoms with Crippen molar-refractivity contribution in [2.75, 3.05) is 7.05 Å². The van der Waals surface area contributed by atoms with E-state index in [-0.39, 0.29) is 5.41 Å². The van der Waals surface area contributed by atoms with Crippen molar-refractivity contribution in [3.05, 3.63) is 35.0 Å². The Balaban J connectivity index is 2.37. The lowest BCUT2D eigenvalue weighted by Crippen LogP contribution is -2.12. The molecule has 3 nitrogen and oxygen atoms in total. The molecule has 20 heavy (non-hydrogen) atoms. The van der Waals surface area contributed by atoms with Gasteiger partial charge in [-0.25, -0.2) is 0 Å². The minimum atomic E-state index is -0.307. The smallest absolute Gasteiger partial charge is 0.0684 e. The zero-order valence-electron chi connectivity index (χ0n) is 12.2. The van der Waals surface area contributed by atoms with Crippen molar-refractivity contribution in [3.63, 3.8) is 0 Å². The first-order valence-electron chi connectivity index (χ1n) is 6.80. The van der Waals surface area contributed by atoms with Gasteiger partial charge in [0, 0.05) is 35.2 Å². The third kappa shape index (κ3) is 3.15. The van der Waals surface area contributed by atoms with Gasteiger partial charge in [-0.2, -0.15) is 5.26 Å². The molecule has 4 heteroatoms. The standard InChI is InChI=1S/C16H20ClN3/c1-16(2,11-18)6-7-20-10-12(9-19-3)14-5-4-13(17)8-15(14)20/h4-5,8,10,19H,6-7,9H2,1-3H3. The highest BCUT2D eigenvalue weighted by Gasteiger charge is 2.17. The molecular formula is C16H20ClN3. The summed E-state index contributed by atoms with van der Waals surface area (Å²) in [5.74, 6) is 0. The van der Waals surface area contributed by atoms with Crippen molar-refractivity contribution in [1.29, 1.82) is 5.26 Å². The van der Waals surface area contributed by atoms with Crippen LogP contribution in [0.4, 0.5) is 0 Å². The van der Waals surface area contributed by atoms with Gasteiger partial charge >= 0.3 is 0 Å². The van der Waals surface area contributed by atoms with Crippen molar-refractivity contribution in [1.82, 2.24) is 9.88 Å². The predicted molar refractivity (Wildman–Crippen MR) is 83.7 cm³/mol. The van der Waals surface area contributed by atoms with Crippen LogP contribution in [0.1, 0.15) is 25.8 Å². The number of aryl methyl sites for hydroxylation is 1. The van der Waals surface area contributed by atoms with E-state index in [4.69, 9.17) is 16.9 Å². The van der Waals surface area contributed by atoms with Crippen LogP contribution in [0.5, 0.6) is 0 Å². The fourth-order valence-electron chi connectivity index (χ4n) is 2.31. The Morgan fingerprint density at radius 1 is 1.40 bits per heavy atom. The summed E-state index contributed by atoms with van der Waals surface area (Å²) in [5, 5.41) is 14.3. The second-order valence-electron chi connectivity index (χ2n) is 5.79. The summed E-state index contributed by atoms with van der Waals surface area (Å²) in [4.78, 5) is 0. The van der Waals surface area contributed by atoms with Gasteiger partial charge in [0.05, 0.1) is 11.5 Å². The van der Waals surface area contributed by atoms with Gasteiger partial charge in [0.1, 0.15) is 0 Å². The monoisotopic (exact) mass is 289 g/mol. The van der Waals surface area contributed by atoms with Crippen LogP contribution in [0.2, 0.25) is 5.02 Å². The molecule has 0 spiro atoms. The maximum absolute atomic E-state index is 9.13. The number of hydrogen-bond donors (Lipinski definition) is 1. The molecule has 0 aliphatic rings. The Hall–Kier alpha value is -1.50. The van der Waals surface area contributed by atoms with Crippen LogP contribution >= 0.6 is 11.6 Å². The molecule has 0 atom stereocenters. The number of aromatic nitrogens is 1. The molecule has 1 aromatic heterocycles. The largest absolute Gasteiger partial charge is 0.347 e. The van der Waals surface area contributed by atoms with Gasteiger partial charge in [0.15, 0.2) is 0 Å². The Morgan fingerprint density at radius 3 is 2.80 bits per heavy atom. The second-order valence-corrected chi connectivity index (χ2v) is 6.22. The Kier molecular flexibility index (Phi) is 4.37. The molecule has 0 fully saturated rings. The van der Waals surface area contributed by atoms with E-state index >= 15 is 0 Å². The zero-order valence-corrected chi connectivity index (χ0v) is 13.0. The van der Waals surface area contributed by atoms with Crippen LogP contribution < -0.4 is 5.32 Å². The second kappa shape index (κ2) is 5.87. The van der Waals surface area contributed by atoms with E-state index in [1.807, 2.05) is 33.0 Å². The van der Waals surface area contributed by atoms with Crippen LogP contribution in [0.15, 0.2) is 24.4 Å². The van der Waals surface area contributed by atoms with Gasteiger partial charge in [-0.1, -0.05) is 17.7 Å². The minimum absolute atomic E-state index is 0.307. The normalized spacial score (nSPS) is 11.8. The molecule has 0 aliphatic heterocycles. The van der Waals surface area contributed by atoms with E-state index in [0.717, 1.165) is 30.0 Å². The number of fused-ring (bicyclic) bond motifs is 1. The van der Waals surface area contributed by atoms with Crippen LogP contribution in [0.25, 0.3) is 10.9 Å². The molecule has 0 amide bonds. The highest BCUT2D eigenvalue weighted by Crippen LogP contribution is 2.27. The first-order valence-corrected chi connectivity index (χ1v) is 7.18. The van der Waals surface area contributed by atoms with E-state index in [2.05, 4.69) is 28.2 Å². The molecule has 0 bridgehead atoms. The molecule has 0 radical (unpaired) electrons. The minimum Gasteiger partial charge on any atom is -0.347 e. The van der Waals surface area contributed by atoms with E-state index in [0.29, 0.717) is 0 Å². The number of nitrogens with zero attached hydrogens (tertiary/aromatic N) is 2. The highest BCUT2D eigenvalue weighted by atomic mass is 35.5. The van der Waals surface area contributed by atoms with E-state index in [1.54, 1.807) is 0 Å². The lowest BCUT2D eigenvalue weighted by atomic mass is 9.91. The molecule has 2 rings (SSSR count). The average Bonchev–Trinajstić information content (AvgIpc) is 2.75. The SMILES string of the molecule is CNCc1cn(CCC(C)(C)C#N)c2cc(Cl)ccc12. The summed E-state index contributed by atoms with van der Waals surface area (Å²) >= 11 is 6.11. The molecule has 0 unspecified atom stereocenters. The average molecular weight is 290 g/mol. The number of hydrogen-bond acceptors (Lipinski definition) is 2. The van der Waals surface area contributed by atoms with Crippen LogP contribution in [0.3, 0.4) is 0 Å². The first-order chi connectivity index (χ1) is 9.46. The summed E-state index contributed by atoms with van der Waals surface area (Å²) in [5.41, 5.74) is 2.09. The lowest BCUT2D eigenvalue weighted by molar-refractivity contribution is 0.417. The first kappa shape index (κ1) is 14.9. The lowest BCUT2D eigenvalue weighted by Gasteiger charge is -2.15. The van der Waals surface area contributed by atoms with Crippen molar-refractivity contribution in [2.45, 2.75) is 33.4 Å². The number of benzene rings is 1. The summed E-state index contributed by atoms with van der Waals surface area (Å²) < 4.78 is 2.20. The summed E-state index contributed by atoms with van der Waals surface area (Å²) in [6.07, 6.45) is 2.98. The highest BCUT2D eigenvalue weighted by molar-refractivity contribution is 6.31. The Labute approximate surface area is 125 Å². The quantitative estimate of drug-likeness (QED) is 0.905. The number of halogens is 1. The van der Waals surface area contributed by atoms with E-state index in [9.17, 15) is 0 Å². The maximum Gasteiger partial charge on any atom is 0.0684 e. The molecule has 0 saturated carbocycles. The zero-order chi connectivity index (χ0) is 14.8. The maximum atomic E-state index is 9.13.